The topological polar surface area (TPSA) is 94.7 Å². The summed E-state index contributed by atoms with van der Waals surface area (Å²) in [5, 5.41) is 12.2. The second-order valence-electron chi connectivity index (χ2n) is 10.3. The first-order valence-electron chi connectivity index (χ1n) is 12.3. The van der Waals surface area contributed by atoms with Gasteiger partial charge in [-0.1, -0.05) is 19.1 Å². The number of carbonyl (C=O) groups excluding carboxylic acids is 2. The predicted octanol–water partition coefficient (Wildman–Crippen LogP) is 1.79. The molecule has 8 nitrogen and oxygen atoms in total. The van der Waals surface area contributed by atoms with Crippen molar-refractivity contribution >= 4 is 11.8 Å². The van der Waals surface area contributed by atoms with E-state index >= 15 is 0 Å². The van der Waals surface area contributed by atoms with Gasteiger partial charge < -0.3 is 15.4 Å². The molecule has 4 rings (SSSR count). The molecule has 8 heteroatoms. The summed E-state index contributed by atoms with van der Waals surface area (Å²) in [5.74, 6) is 1.04. The van der Waals surface area contributed by atoms with Crippen LogP contribution in [0, 0.1) is 23.7 Å². The van der Waals surface area contributed by atoms with Crippen molar-refractivity contribution in [3.8, 4) is 5.75 Å². The highest BCUT2D eigenvalue weighted by Crippen LogP contribution is 2.38. The SMILES string of the molecule is COc1ccc(C2CC(C(=O)NCC3C(=O)NC(C)CC3C)C3CNN(C(C)C)C3N2)cc1. The molecule has 0 aromatic heterocycles. The predicted molar refractivity (Wildman–Crippen MR) is 127 cm³/mol. The second kappa shape index (κ2) is 9.99. The Hall–Kier alpha value is -2.16. The normalized spacial score (nSPS) is 34.6. The number of nitrogens with one attached hydrogen (secondary N) is 4. The van der Waals surface area contributed by atoms with Crippen molar-refractivity contribution in [3.63, 3.8) is 0 Å². The summed E-state index contributed by atoms with van der Waals surface area (Å²) in [4.78, 5) is 26.0. The fraction of sp³-hybridized carbons (Fsp3) is 0.680. The molecule has 1 aromatic rings. The average molecular weight is 458 g/mol. The van der Waals surface area contributed by atoms with Gasteiger partial charge in [-0.25, -0.2) is 5.01 Å². The Bertz CT molecular complexity index is 845. The minimum atomic E-state index is -0.172. The molecule has 4 N–H and O–H groups in total. The number of ether oxygens (including phenoxy) is 1. The van der Waals surface area contributed by atoms with E-state index in [4.69, 9.17) is 4.74 Å². The van der Waals surface area contributed by atoms with Crippen LogP contribution in [-0.2, 0) is 9.59 Å². The first kappa shape index (κ1) is 24.0. The van der Waals surface area contributed by atoms with Gasteiger partial charge in [-0.3, -0.25) is 20.3 Å². The molecule has 2 amide bonds. The molecule has 7 unspecified atom stereocenters. The number of nitrogens with zero attached hydrogens (tertiary/aromatic N) is 1. The van der Waals surface area contributed by atoms with E-state index in [1.54, 1.807) is 7.11 Å². The Morgan fingerprint density at radius 2 is 1.94 bits per heavy atom. The van der Waals surface area contributed by atoms with Crippen LogP contribution in [-0.4, -0.2) is 55.3 Å². The van der Waals surface area contributed by atoms with E-state index in [1.807, 2.05) is 19.1 Å². The zero-order valence-electron chi connectivity index (χ0n) is 20.4. The van der Waals surface area contributed by atoms with Gasteiger partial charge in [0.15, 0.2) is 0 Å². The maximum absolute atomic E-state index is 13.5. The van der Waals surface area contributed by atoms with Crippen molar-refractivity contribution in [1.82, 2.24) is 26.4 Å². The Morgan fingerprint density at radius 3 is 2.58 bits per heavy atom. The summed E-state index contributed by atoms with van der Waals surface area (Å²) in [6, 6.07) is 8.64. The van der Waals surface area contributed by atoms with Crippen LogP contribution in [0.3, 0.4) is 0 Å². The summed E-state index contributed by atoms with van der Waals surface area (Å²) in [5.41, 5.74) is 4.65. The lowest BCUT2D eigenvalue weighted by Gasteiger charge is -2.42. The molecule has 7 atom stereocenters. The summed E-state index contributed by atoms with van der Waals surface area (Å²) in [7, 11) is 1.66. The van der Waals surface area contributed by atoms with Crippen molar-refractivity contribution in [2.45, 2.75) is 64.8 Å². The van der Waals surface area contributed by atoms with Crippen molar-refractivity contribution in [3.05, 3.63) is 29.8 Å². The molecule has 3 heterocycles. The average Bonchev–Trinajstić information content (AvgIpc) is 3.22. The zero-order valence-corrected chi connectivity index (χ0v) is 20.4. The number of piperidine rings is 2. The summed E-state index contributed by atoms with van der Waals surface area (Å²) < 4.78 is 5.31. The molecule has 3 fully saturated rings. The van der Waals surface area contributed by atoms with E-state index in [0.717, 1.165) is 30.7 Å². The number of benzene rings is 1. The third-order valence-corrected chi connectivity index (χ3v) is 7.64. The molecule has 33 heavy (non-hydrogen) atoms. The molecule has 3 aliphatic rings. The highest BCUT2D eigenvalue weighted by atomic mass is 16.5. The monoisotopic (exact) mass is 457 g/mol. The van der Waals surface area contributed by atoms with Gasteiger partial charge in [0.25, 0.3) is 0 Å². The van der Waals surface area contributed by atoms with Crippen molar-refractivity contribution in [2.24, 2.45) is 23.7 Å². The van der Waals surface area contributed by atoms with Crippen molar-refractivity contribution < 1.29 is 14.3 Å². The third-order valence-electron chi connectivity index (χ3n) is 7.64. The van der Waals surface area contributed by atoms with Crippen LogP contribution < -0.4 is 26.1 Å². The van der Waals surface area contributed by atoms with Crippen LogP contribution in [0.15, 0.2) is 24.3 Å². The highest BCUT2D eigenvalue weighted by Gasteiger charge is 2.48. The van der Waals surface area contributed by atoms with E-state index in [0.29, 0.717) is 12.6 Å². The largest absolute Gasteiger partial charge is 0.497 e. The molecule has 3 saturated heterocycles. The summed E-state index contributed by atoms with van der Waals surface area (Å²) in [6.45, 7) is 9.62. The molecule has 0 radical (unpaired) electrons. The van der Waals surface area contributed by atoms with Crippen molar-refractivity contribution in [1.29, 1.82) is 0 Å². The first-order chi connectivity index (χ1) is 15.8. The fourth-order valence-corrected chi connectivity index (χ4v) is 5.79. The molecule has 0 saturated carbocycles. The molecule has 0 spiro atoms. The number of fused-ring (bicyclic) bond motifs is 1. The number of hydrogen-bond acceptors (Lipinski definition) is 6. The van der Waals surface area contributed by atoms with E-state index in [9.17, 15) is 9.59 Å². The van der Waals surface area contributed by atoms with Gasteiger partial charge in [-0.15, -0.1) is 0 Å². The summed E-state index contributed by atoms with van der Waals surface area (Å²) in [6.07, 6.45) is 1.73. The van der Waals surface area contributed by atoms with Gasteiger partial charge in [0.1, 0.15) is 5.75 Å². The fourth-order valence-electron chi connectivity index (χ4n) is 5.79. The van der Waals surface area contributed by atoms with Crippen LogP contribution in [0.5, 0.6) is 5.75 Å². The maximum Gasteiger partial charge on any atom is 0.225 e. The standard InChI is InChI=1S/C25H39N5O3/c1-14(2)30-23-21(13-27-30)19(11-22(29-23)17-6-8-18(33-5)9-7-17)24(31)26-12-20-15(3)10-16(4)28-25(20)32/h6-9,14-16,19-23,27,29H,10-13H2,1-5H3,(H,26,31)(H,28,32). The third kappa shape index (κ3) is 5.03. The van der Waals surface area contributed by atoms with Gasteiger partial charge in [0.2, 0.25) is 11.8 Å². The Labute approximate surface area is 197 Å². The van der Waals surface area contributed by atoms with Crippen LogP contribution in [0.2, 0.25) is 0 Å². The van der Waals surface area contributed by atoms with Crippen LogP contribution in [0.4, 0.5) is 0 Å². The number of amides is 2. The minimum Gasteiger partial charge on any atom is -0.497 e. The zero-order chi connectivity index (χ0) is 23.7. The molecule has 3 aliphatic heterocycles. The molecule has 0 bridgehead atoms. The van der Waals surface area contributed by atoms with Gasteiger partial charge in [-0.05, 0) is 57.2 Å². The van der Waals surface area contributed by atoms with E-state index < -0.39 is 0 Å². The van der Waals surface area contributed by atoms with Crippen molar-refractivity contribution in [2.75, 3.05) is 20.2 Å². The summed E-state index contributed by atoms with van der Waals surface area (Å²) >= 11 is 0. The Balaban J connectivity index is 1.49. The molecular weight excluding hydrogens is 418 g/mol. The van der Waals surface area contributed by atoms with Crippen LogP contribution >= 0.6 is 0 Å². The Kier molecular flexibility index (Phi) is 7.26. The number of hydrogen-bond donors (Lipinski definition) is 4. The molecule has 0 aliphatic carbocycles. The molecule has 182 valence electrons. The van der Waals surface area contributed by atoms with Gasteiger partial charge in [0.05, 0.1) is 19.2 Å². The van der Waals surface area contributed by atoms with E-state index in [-0.39, 0.29) is 53.7 Å². The number of methoxy groups -OCH3 is 1. The first-order valence-corrected chi connectivity index (χ1v) is 12.3. The lowest BCUT2D eigenvalue weighted by Crippen LogP contribution is -2.58. The van der Waals surface area contributed by atoms with E-state index in [2.05, 4.69) is 59.3 Å². The number of hydrazine groups is 1. The van der Waals surface area contributed by atoms with Gasteiger partial charge >= 0.3 is 0 Å². The lowest BCUT2D eigenvalue weighted by atomic mass is 9.78. The van der Waals surface area contributed by atoms with Gasteiger partial charge in [-0.2, -0.15) is 0 Å². The smallest absolute Gasteiger partial charge is 0.225 e. The number of carbonyl (C=O) groups is 2. The van der Waals surface area contributed by atoms with Crippen LogP contribution in [0.1, 0.15) is 52.1 Å². The molecule has 1 aromatic carbocycles. The van der Waals surface area contributed by atoms with Crippen LogP contribution in [0.25, 0.3) is 0 Å². The minimum absolute atomic E-state index is 0.0503. The second-order valence-corrected chi connectivity index (χ2v) is 10.3. The quantitative estimate of drug-likeness (QED) is 0.520. The van der Waals surface area contributed by atoms with Gasteiger partial charge in [0, 0.05) is 43.1 Å². The number of rotatable bonds is 6. The highest BCUT2D eigenvalue weighted by molar-refractivity contribution is 5.83. The maximum atomic E-state index is 13.5. The lowest BCUT2D eigenvalue weighted by molar-refractivity contribution is -0.132. The van der Waals surface area contributed by atoms with E-state index in [1.165, 1.54) is 0 Å². The Morgan fingerprint density at radius 1 is 1.21 bits per heavy atom. The molecular formula is C25H39N5O3.